The largest absolute Gasteiger partial charge is 0.365 e. The zero-order valence-corrected chi connectivity index (χ0v) is 19.4. The van der Waals surface area contributed by atoms with Crippen LogP contribution in [0.1, 0.15) is 53.2 Å². The van der Waals surface area contributed by atoms with Gasteiger partial charge >= 0.3 is 0 Å². The average Bonchev–Trinajstić information content (AvgIpc) is 3.32. The lowest BCUT2D eigenvalue weighted by molar-refractivity contribution is -0.121. The molecule has 1 saturated heterocycles. The van der Waals surface area contributed by atoms with Crippen molar-refractivity contribution in [2.24, 2.45) is 5.92 Å². The maximum atomic E-state index is 13.2. The van der Waals surface area contributed by atoms with Crippen molar-refractivity contribution in [3.63, 3.8) is 0 Å². The van der Waals surface area contributed by atoms with Gasteiger partial charge in [-0.05, 0) is 42.5 Å². The molecule has 3 aromatic rings. The molecule has 5 rings (SSSR count). The number of nitrogens with zero attached hydrogens (tertiary/aromatic N) is 3. The van der Waals surface area contributed by atoms with Crippen LogP contribution in [0.3, 0.4) is 0 Å². The van der Waals surface area contributed by atoms with E-state index in [0.717, 1.165) is 23.4 Å². The maximum Gasteiger partial charge on any atom is 0.274 e. The van der Waals surface area contributed by atoms with Crippen LogP contribution in [0.15, 0.2) is 60.9 Å². The molecule has 2 aliphatic rings. The first-order valence-corrected chi connectivity index (χ1v) is 12.0. The van der Waals surface area contributed by atoms with E-state index in [1.165, 1.54) is 5.56 Å². The number of benzene rings is 2. The molecule has 3 heterocycles. The number of piperidine rings is 1. The highest BCUT2D eigenvalue weighted by Crippen LogP contribution is 2.29. The number of aryl methyl sites for hydroxylation is 1. The van der Waals surface area contributed by atoms with Crippen molar-refractivity contribution in [1.82, 2.24) is 14.5 Å². The Hall–Kier alpha value is -3.45. The molecule has 0 aliphatic carbocycles. The van der Waals surface area contributed by atoms with E-state index in [9.17, 15) is 9.59 Å². The van der Waals surface area contributed by atoms with Gasteiger partial charge in [0.25, 0.3) is 5.91 Å². The van der Waals surface area contributed by atoms with Crippen LogP contribution in [0.25, 0.3) is 0 Å². The number of anilines is 1. The standard InChI is InChI=1S/C27H30N4O3/c1-2-19-7-6-10-22(15-19)29-26(32)21-11-13-30(14-12-21)27(33)25-23-17-34-24(16-31(23)18-28-25)20-8-4-3-5-9-20/h3-10,15,18,21,24H,2,11-14,16-17H2,1H3,(H,29,32). The van der Waals surface area contributed by atoms with Crippen LogP contribution in [0, 0.1) is 5.92 Å². The molecule has 7 heteroatoms. The minimum atomic E-state index is -0.0970. The van der Waals surface area contributed by atoms with Gasteiger partial charge in [0.15, 0.2) is 5.69 Å². The Kier molecular flexibility index (Phi) is 6.45. The quantitative estimate of drug-likeness (QED) is 0.622. The van der Waals surface area contributed by atoms with E-state index < -0.39 is 0 Å². The molecule has 2 aromatic carbocycles. The van der Waals surface area contributed by atoms with Gasteiger partial charge in [-0.2, -0.15) is 0 Å². The Morgan fingerprint density at radius 1 is 1.09 bits per heavy atom. The molecule has 0 bridgehead atoms. The monoisotopic (exact) mass is 458 g/mol. The molecule has 176 valence electrons. The molecule has 7 nitrogen and oxygen atoms in total. The Labute approximate surface area is 199 Å². The molecule has 1 unspecified atom stereocenters. The molecular weight excluding hydrogens is 428 g/mol. The van der Waals surface area contributed by atoms with Crippen LogP contribution in [-0.2, 0) is 29.1 Å². The van der Waals surface area contributed by atoms with Gasteiger partial charge in [-0.25, -0.2) is 4.98 Å². The summed E-state index contributed by atoms with van der Waals surface area (Å²) in [6.45, 7) is 4.19. The number of aromatic nitrogens is 2. The highest BCUT2D eigenvalue weighted by molar-refractivity contribution is 5.95. The molecular formula is C27H30N4O3. The van der Waals surface area contributed by atoms with Crippen molar-refractivity contribution in [3.05, 3.63) is 83.4 Å². The highest BCUT2D eigenvalue weighted by atomic mass is 16.5. The predicted molar refractivity (Wildman–Crippen MR) is 129 cm³/mol. The second-order valence-electron chi connectivity index (χ2n) is 9.01. The lowest BCUT2D eigenvalue weighted by atomic mass is 9.95. The van der Waals surface area contributed by atoms with Crippen LogP contribution in [0.2, 0.25) is 0 Å². The summed E-state index contributed by atoms with van der Waals surface area (Å²) in [6, 6.07) is 18.1. The average molecular weight is 459 g/mol. The Bertz CT molecular complexity index is 1170. The van der Waals surface area contributed by atoms with Crippen LogP contribution in [0.4, 0.5) is 5.69 Å². The fraction of sp³-hybridized carbons (Fsp3) is 0.370. The number of likely N-dealkylation sites (tertiary alicyclic amines) is 1. The highest BCUT2D eigenvalue weighted by Gasteiger charge is 2.32. The molecule has 1 atom stereocenters. The van der Waals surface area contributed by atoms with E-state index in [4.69, 9.17) is 4.74 Å². The number of ether oxygens (including phenoxy) is 1. The van der Waals surface area contributed by atoms with Crippen LogP contribution >= 0.6 is 0 Å². The molecule has 1 fully saturated rings. The van der Waals surface area contributed by atoms with Gasteiger partial charge in [0, 0.05) is 24.7 Å². The topological polar surface area (TPSA) is 76.5 Å². The smallest absolute Gasteiger partial charge is 0.274 e. The van der Waals surface area contributed by atoms with E-state index in [-0.39, 0.29) is 23.8 Å². The summed E-state index contributed by atoms with van der Waals surface area (Å²) in [5.74, 6) is -0.148. The van der Waals surface area contributed by atoms with Crippen molar-refractivity contribution in [3.8, 4) is 0 Å². The maximum absolute atomic E-state index is 13.2. The second-order valence-corrected chi connectivity index (χ2v) is 9.01. The molecule has 2 aliphatic heterocycles. The van der Waals surface area contributed by atoms with Gasteiger partial charge in [0.1, 0.15) is 6.10 Å². The SMILES string of the molecule is CCc1cccc(NC(=O)C2CCN(C(=O)c3ncn4c3COC(c3ccccc3)C4)CC2)c1. The zero-order chi connectivity index (χ0) is 23.5. The number of amides is 2. The predicted octanol–water partition coefficient (Wildman–Crippen LogP) is 4.21. The normalized spacial score (nSPS) is 18.4. The van der Waals surface area contributed by atoms with Gasteiger partial charge in [-0.3, -0.25) is 9.59 Å². The van der Waals surface area contributed by atoms with Crippen LogP contribution in [-0.4, -0.2) is 39.4 Å². The molecule has 1 aromatic heterocycles. The number of hydrogen-bond donors (Lipinski definition) is 1. The van der Waals surface area contributed by atoms with E-state index in [1.54, 1.807) is 6.33 Å². The Morgan fingerprint density at radius 3 is 2.65 bits per heavy atom. The van der Waals surface area contributed by atoms with Crippen molar-refractivity contribution >= 4 is 17.5 Å². The lowest BCUT2D eigenvalue weighted by Crippen LogP contribution is -2.42. The van der Waals surface area contributed by atoms with Gasteiger partial charge in [0.05, 0.1) is 25.2 Å². The summed E-state index contributed by atoms with van der Waals surface area (Å²) in [7, 11) is 0. The molecule has 1 N–H and O–H groups in total. The summed E-state index contributed by atoms with van der Waals surface area (Å²) in [6.07, 6.45) is 3.92. The van der Waals surface area contributed by atoms with Crippen LogP contribution < -0.4 is 5.32 Å². The van der Waals surface area contributed by atoms with E-state index in [2.05, 4.69) is 35.4 Å². The number of carbonyl (C=O) groups is 2. The minimum Gasteiger partial charge on any atom is -0.365 e. The zero-order valence-electron chi connectivity index (χ0n) is 19.4. The van der Waals surface area contributed by atoms with Crippen molar-refractivity contribution in [2.75, 3.05) is 18.4 Å². The molecule has 34 heavy (non-hydrogen) atoms. The Balaban J connectivity index is 1.18. The molecule has 2 amide bonds. The fourth-order valence-corrected chi connectivity index (χ4v) is 4.78. The summed E-state index contributed by atoms with van der Waals surface area (Å²) in [5.41, 5.74) is 4.44. The van der Waals surface area contributed by atoms with Crippen molar-refractivity contribution in [2.45, 2.75) is 45.4 Å². The summed E-state index contributed by atoms with van der Waals surface area (Å²) < 4.78 is 8.09. The third kappa shape index (κ3) is 4.61. The number of fused-ring (bicyclic) bond motifs is 1. The Morgan fingerprint density at radius 2 is 1.88 bits per heavy atom. The second kappa shape index (κ2) is 9.81. The summed E-state index contributed by atoms with van der Waals surface area (Å²) in [4.78, 5) is 32.2. The molecule has 0 saturated carbocycles. The number of hydrogen-bond acceptors (Lipinski definition) is 4. The fourth-order valence-electron chi connectivity index (χ4n) is 4.78. The lowest BCUT2D eigenvalue weighted by Gasteiger charge is -2.31. The first-order chi connectivity index (χ1) is 16.6. The van der Waals surface area contributed by atoms with Gasteiger partial charge in [0.2, 0.25) is 5.91 Å². The van der Waals surface area contributed by atoms with Gasteiger partial charge in [-0.1, -0.05) is 49.4 Å². The summed E-state index contributed by atoms with van der Waals surface area (Å²) in [5, 5.41) is 3.04. The first kappa shape index (κ1) is 22.3. The van der Waals surface area contributed by atoms with Gasteiger partial charge in [-0.15, -0.1) is 0 Å². The summed E-state index contributed by atoms with van der Waals surface area (Å²) >= 11 is 0. The number of rotatable bonds is 5. The van der Waals surface area contributed by atoms with Crippen molar-refractivity contribution in [1.29, 1.82) is 0 Å². The van der Waals surface area contributed by atoms with E-state index >= 15 is 0 Å². The first-order valence-electron chi connectivity index (χ1n) is 12.0. The van der Waals surface area contributed by atoms with E-state index in [1.807, 2.05) is 45.9 Å². The number of nitrogens with one attached hydrogen (secondary N) is 1. The third-order valence-electron chi connectivity index (χ3n) is 6.86. The third-order valence-corrected chi connectivity index (χ3v) is 6.86. The van der Waals surface area contributed by atoms with Gasteiger partial charge < -0.3 is 19.5 Å². The van der Waals surface area contributed by atoms with Crippen LogP contribution in [0.5, 0.6) is 0 Å². The minimum absolute atomic E-state index is 0.0278. The number of imidazole rings is 1. The van der Waals surface area contributed by atoms with E-state index in [0.29, 0.717) is 44.8 Å². The number of carbonyl (C=O) groups excluding carboxylic acids is 2. The molecule has 0 spiro atoms. The molecule has 0 radical (unpaired) electrons. The van der Waals surface area contributed by atoms with Crippen molar-refractivity contribution < 1.29 is 14.3 Å².